The van der Waals surface area contributed by atoms with Gasteiger partial charge in [0.1, 0.15) is 5.82 Å². The predicted octanol–water partition coefficient (Wildman–Crippen LogP) is 4.94. The predicted molar refractivity (Wildman–Crippen MR) is 150 cm³/mol. The molecular weight excluding hydrogens is 510 g/mol. The number of fused-ring (bicyclic) bond motifs is 1. The molecule has 1 amide bonds. The van der Waals surface area contributed by atoms with Crippen LogP contribution >= 0.6 is 11.9 Å². The third kappa shape index (κ3) is 4.05. The Bertz CT molecular complexity index is 1430. The lowest BCUT2D eigenvalue weighted by Crippen LogP contribution is -2.40. The molecule has 3 saturated carbocycles. The number of carbonyl (C=O) groups excluding carboxylic acids is 1. The van der Waals surface area contributed by atoms with Gasteiger partial charge < -0.3 is 9.64 Å². The van der Waals surface area contributed by atoms with Crippen LogP contribution in [0.25, 0.3) is 5.82 Å². The van der Waals surface area contributed by atoms with Gasteiger partial charge in [0.2, 0.25) is 5.88 Å². The fourth-order valence-corrected chi connectivity index (χ4v) is 8.25. The second-order valence-electron chi connectivity index (χ2n) is 12.8. The molecule has 4 aliphatic rings. The van der Waals surface area contributed by atoms with Gasteiger partial charge in [-0.25, -0.2) is 9.67 Å². The first kappa shape index (κ1) is 25.0. The number of ether oxygens (including phenoxy) is 1. The number of hydrogen-bond acceptors (Lipinski definition) is 7. The minimum atomic E-state index is -0.176. The summed E-state index contributed by atoms with van der Waals surface area (Å²) >= 11 is 1.28. The molecule has 2 spiro atoms. The van der Waals surface area contributed by atoms with E-state index in [1.807, 2.05) is 44.6 Å². The van der Waals surface area contributed by atoms with Gasteiger partial charge >= 0.3 is 0 Å². The van der Waals surface area contributed by atoms with E-state index >= 15 is 0 Å². The lowest BCUT2D eigenvalue weighted by molar-refractivity contribution is 0.0984. The number of nitrogens with one attached hydrogen (secondary N) is 1. The van der Waals surface area contributed by atoms with Crippen LogP contribution in [0, 0.1) is 29.6 Å². The molecule has 1 N–H and O–H groups in total. The van der Waals surface area contributed by atoms with Crippen LogP contribution in [0.4, 0.5) is 5.82 Å². The largest absolute Gasteiger partial charge is 0.476 e. The van der Waals surface area contributed by atoms with Crippen LogP contribution in [0.1, 0.15) is 68.9 Å². The standard InChI is InChI=1S/C29H37N7O2S/c1-18-14-27(3,4)35(15-18)25-20(26(37)33-39-21-16-34(5)31-19(21)2)6-7-23(30-25)36-13-8-24(32-36)38-17-22-28(9-10-28)29(22)11-12-29/h6-8,13,16,18,22H,9-12,14-15,17H2,1-5H3,(H,33,37). The van der Waals surface area contributed by atoms with Crippen LogP contribution in [0.3, 0.4) is 0 Å². The van der Waals surface area contributed by atoms with Gasteiger partial charge in [-0.15, -0.1) is 5.10 Å². The Labute approximate surface area is 233 Å². The van der Waals surface area contributed by atoms with Gasteiger partial charge in [-0.1, -0.05) is 6.92 Å². The van der Waals surface area contributed by atoms with E-state index in [0.717, 1.165) is 30.2 Å². The fraction of sp³-hybridized carbons (Fsp3) is 0.586. The van der Waals surface area contributed by atoms with Gasteiger partial charge in [-0.2, -0.15) is 5.10 Å². The summed E-state index contributed by atoms with van der Waals surface area (Å²) < 4.78 is 12.7. The molecule has 4 heterocycles. The molecule has 1 saturated heterocycles. The van der Waals surface area contributed by atoms with Gasteiger partial charge in [-0.05, 0) is 93.7 Å². The van der Waals surface area contributed by atoms with E-state index in [-0.39, 0.29) is 11.4 Å². The lowest BCUT2D eigenvalue weighted by Gasteiger charge is -2.34. The SMILES string of the molecule is Cc1nn(C)cc1SNC(=O)c1ccc(-n2ccc(OCC3C4(CC4)C34CC4)n2)nc1N1CC(C)CC1(C)C. The van der Waals surface area contributed by atoms with Crippen molar-refractivity contribution in [3.05, 3.63) is 41.9 Å². The molecule has 0 bridgehead atoms. The Balaban J connectivity index is 1.13. The van der Waals surface area contributed by atoms with Crippen molar-refractivity contribution in [2.45, 2.75) is 70.2 Å². The van der Waals surface area contributed by atoms with Crippen molar-refractivity contribution >= 4 is 23.7 Å². The summed E-state index contributed by atoms with van der Waals surface area (Å²) in [4.78, 5) is 21.7. The van der Waals surface area contributed by atoms with Crippen LogP contribution in [-0.4, -0.2) is 49.1 Å². The highest BCUT2D eigenvalue weighted by atomic mass is 32.2. The molecule has 1 aliphatic heterocycles. The Morgan fingerprint density at radius 2 is 1.90 bits per heavy atom. The molecule has 10 heteroatoms. The number of rotatable bonds is 8. The normalized spacial score (nSPS) is 23.4. The third-order valence-electron chi connectivity index (χ3n) is 9.67. The Hall–Kier alpha value is -3.01. The van der Waals surface area contributed by atoms with Crippen LogP contribution in [0.2, 0.25) is 0 Å². The smallest absolute Gasteiger partial charge is 0.265 e. The van der Waals surface area contributed by atoms with E-state index in [4.69, 9.17) is 14.8 Å². The number of pyridine rings is 1. The average Bonchev–Trinajstić information content (AvgIpc) is 3.82. The number of amides is 1. The summed E-state index contributed by atoms with van der Waals surface area (Å²) in [5.74, 6) is 3.04. The monoisotopic (exact) mass is 547 g/mol. The molecule has 0 aromatic carbocycles. The summed E-state index contributed by atoms with van der Waals surface area (Å²) in [6.07, 6.45) is 10.4. The molecule has 3 aromatic heterocycles. The average molecular weight is 548 g/mol. The van der Waals surface area contributed by atoms with Crippen molar-refractivity contribution in [2.75, 3.05) is 18.1 Å². The summed E-state index contributed by atoms with van der Waals surface area (Å²) in [6.45, 7) is 10.2. The van der Waals surface area contributed by atoms with E-state index in [1.165, 1.54) is 37.6 Å². The molecule has 1 unspecified atom stereocenters. The van der Waals surface area contributed by atoms with E-state index in [2.05, 4.69) is 35.5 Å². The zero-order valence-corrected chi connectivity index (χ0v) is 24.2. The Kier molecular flexibility index (Phi) is 5.44. The Morgan fingerprint density at radius 1 is 1.15 bits per heavy atom. The first-order chi connectivity index (χ1) is 18.6. The topological polar surface area (TPSA) is 90.1 Å². The summed E-state index contributed by atoms with van der Waals surface area (Å²) in [6, 6.07) is 5.64. The molecule has 7 rings (SSSR count). The molecule has 3 aromatic rings. The van der Waals surface area contributed by atoms with Gasteiger partial charge in [0.05, 0.1) is 22.8 Å². The molecule has 206 valence electrons. The van der Waals surface area contributed by atoms with Crippen molar-refractivity contribution in [1.29, 1.82) is 0 Å². The maximum atomic E-state index is 13.5. The first-order valence-electron chi connectivity index (χ1n) is 14.1. The van der Waals surface area contributed by atoms with Crippen molar-refractivity contribution in [1.82, 2.24) is 29.3 Å². The molecule has 3 aliphatic carbocycles. The van der Waals surface area contributed by atoms with Gasteiger partial charge in [-0.3, -0.25) is 14.2 Å². The van der Waals surface area contributed by atoms with Crippen LogP contribution in [-0.2, 0) is 7.05 Å². The zero-order chi connectivity index (χ0) is 27.2. The number of aryl methyl sites for hydroxylation is 2. The highest BCUT2D eigenvalue weighted by Crippen LogP contribution is 2.92. The number of hydrogen-bond donors (Lipinski definition) is 1. The highest BCUT2D eigenvalue weighted by molar-refractivity contribution is 7.98. The molecule has 4 fully saturated rings. The van der Waals surface area contributed by atoms with Crippen molar-refractivity contribution in [3.8, 4) is 11.7 Å². The minimum absolute atomic E-state index is 0.118. The van der Waals surface area contributed by atoms with Crippen molar-refractivity contribution < 1.29 is 9.53 Å². The molecule has 9 nitrogen and oxygen atoms in total. The molecule has 39 heavy (non-hydrogen) atoms. The Morgan fingerprint density at radius 3 is 2.51 bits per heavy atom. The third-order valence-corrected chi connectivity index (χ3v) is 10.6. The lowest BCUT2D eigenvalue weighted by atomic mass is 9.97. The minimum Gasteiger partial charge on any atom is -0.476 e. The maximum absolute atomic E-state index is 13.5. The van der Waals surface area contributed by atoms with Crippen molar-refractivity contribution in [3.63, 3.8) is 0 Å². The van der Waals surface area contributed by atoms with Crippen molar-refractivity contribution in [2.24, 2.45) is 29.7 Å². The molecule has 0 radical (unpaired) electrons. The second-order valence-corrected chi connectivity index (χ2v) is 13.7. The van der Waals surface area contributed by atoms with Crippen LogP contribution in [0.5, 0.6) is 5.88 Å². The number of anilines is 1. The van der Waals surface area contributed by atoms with Crippen LogP contribution in [0.15, 0.2) is 35.5 Å². The number of carbonyl (C=O) groups is 1. The van der Waals surface area contributed by atoms with E-state index < -0.39 is 0 Å². The molecular formula is C29H37N7O2S. The second kappa shape index (κ2) is 8.49. The summed E-state index contributed by atoms with van der Waals surface area (Å²) in [5.41, 5.74) is 2.56. The first-order valence-corrected chi connectivity index (χ1v) is 14.9. The fourth-order valence-electron chi connectivity index (χ4n) is 7.54. The van der Waals surface area contributed by atoms with E-state index in [1.54, 1.807) is 9.36 Å². The highest BCUT2D eigenvalue weighted by Gasteiger charge is 2.86. The zero-order valence-electron chi connectivity index (χ0n) is 23.4. The van der Waals surface area contributed by atoms with Gasteiger partial charge in [0.15, 0.2) is 5.82 Å². The van der Waals surface area contributed by atoms with E-state index in [0.29, 0.717) is 45.7 Å². The quantitative estimate of drug-likeness (QED) is 0.400. The van der Waals surface area contributed by atoms with Crippen LogP contribution < -0.4 is 14.4 Å². The molecule has 1 atom stereocenters. The van der Waals surface area contributed by atoms with Gasteiger partial charge in [0.25, 0.3) is 5.91 Å². The maximum Gasteiger partial charge on any atom is 0.265 e. The number of nitrogens with zero attached hydrogens (tertiary/aromatic N) is 6. The van der Waals surface area contributed by atoms with Gasteiger partial charge in [0, 0.05) is 43.5 Å². The number of aromatic nitrogens is 5. The summed E-state index contributed by atoms with van der Waals surface area (Å²) in [7, 11) is 1.88. The summed E-state index contributed by atoms with van der Waals surface area (Å²) in [5, 5.41) is 9.06. The van der Waals surface area contributed by atoms with E-state index in [9.17, 15) is 4.79 Å².